The molecule has 2 N–H and O–H groups in total. The highest BCUT2D eigenvalue weighted by Crippen LogP contribution is 2.30. The Morgan fingerprint density at radius 1 is 1.07 bits per heavy atom. The van der Waals surface area contributed by atoms with E-state index in [1.807, 2.05) is 0 Å². The molecule has 4 aromatic rings. The molecular weight excluding hydrogens is 373 g/mol. The second-order valence-corrected chi connectivity index (χ2v) is 6.35. The van der Waals surface area contributed by atoms with Gasteiger partial charge in [0, 0.05) is 29.9 Å². The van der Waals surface area contributed by atoms with Gasteiger partial charge >= 0.3 is 6.18 Å². The first-order valence-electron chi connectivity index (χ1n) is 8.16. The number of hydrogen-bond donors (Lipinski definition) is 1. The Hall–Kier alpha value is -3.62. The van der Waals surface area contributed by atoms with Gasteiger partial charge in [-0.05, 0) is 42.5 Å². The maximum atomic E-state index is 13.1. The summed E-state index contributed by atoms with van der Waals surface area (Å²) in [7, 11) is 1.64. The van der Waals surface area contributed by atoms with Crippen LogP contribution in [-0.2, 0) is 13.2 Å². The van der Waals surface area contributed by atoms with Crippen molar-refractivity contribution in [2.24, 2.45) is 12.8 Å². The number of carbonyl (C=O) groups excluding carboxylic acids is 1. The second kappa shape index (κ2) is 5.95. The largest absolute Gasteiger partial charge is 0.416 e. The highest BCUT2D eigenvalue weighted by atomic mass is 19.4. The second-order valence-electron chi connectivity index (χ2n) is 6.35. The fourth-order valence-corrected chi connectivity index (χ4v) is 3.20. The lowest BCUT2D eigenvalue weighted by Crippen LogP contribution is -2.19. The summed E-state index contributed by atoms with van der Waals surface area (Å²) in [6, 6.07) is 8.80. The lowest BCUT2D eigenvalue weighted by Gasteiger charge is -2.13. The summed E-state index contributed by atoms with van der Waals surface area (Å²) in [5, 5.41) is 5.05. The number of rotatable bonds is 2. The van der Waals surface area contributed by atoms with Crippen molar-refractivity contribution in [3.05, 3.63) is 70.1 Å². The van der Waals surface area contributed by atoms with Crippen molar-refractivity contribution in [3.8, 4) is 5.69 Å². The van der Waals surface area contributed by atoms with Crippen LogP contribution in [0.2, 0.25) is 0 Å². The highest BCUT2D eigenvalue weighted by Gasteiger charge is 2.30. The summed E-state index contributed by atoms with van der Waals surface area (Å²) in [4.78, 5) is 24.6. The minimum absolute atomic E-state index is 0.233. The molecule has 0 aliphatic carbocycles. The van der Waals surface area contributed by atoms with Crippen LogP contribution in [0.25, 0.3) is 27.5 Å². The minimum Gasteiger partial charge on any atom is -0.366 e. The van der Waals surface area contributed by atoms with Gasteiger partial charge in [-0.25, -0.2) is 0 Å². The number of fused-ring (bicyclic) bond motifs is 3. The zero-order valence-corrected chi connectivity index (χ0v) is 14.5. The Balaban J connectivity index is 2.08. The van der Waals surface area contributed by atoms with Crippen molar-refractivity contribution in [3.63, 3.8) is 0 Å². The zero-order valence-electron chi connectivity index (χ0n) is 14.5. The standard InChI is InChI=1S/C19H13F3N4O2/c1-25-9-14-16(24-25)13-8-10(17(23)27)2-7-15(13)26(18(14)28)12-5-3-11(4-6-12)19(20,21)22/h2-9H,1H3,(H2,23,27). The van der Waals surface area contributed by atoms with Gasteiger partial charge in [-0.1, -0.05) is 0 Å². The van der Waals surface area contributed by atoms with Gasteiger partial charge in [0.05, 0.1) is 16.5 Å². The molecule has 142 valence electrons. The van der Waals surface area contributed by atoms with E-state index in [0.29, 0.717) is 16.4 Å². The third-order valence-electron chi connectivity index (χ3n) is 4.49. The number of benzene rings is 2. The summed E-state index contributed by atoms with van der Waals surface area (Å²) in [5.74, 6) is -0.640. The SMILES string of the molecule is Cn1cc2c(=O)n(-c3ccc(C(F)(F)F)cc3)c3ccc(C(N)=O)cc3c2n1. The van der Waals surface area contributed by atoms with E-state index < -0.39 is 23.2 Å². The number of alkyl halides is 3. The monoisotopic (exact) mass is 386 g/mol. The Morgan fingerprint density at radius 3 is 2.36 bits per heavy atom. The Kier molecular flexibility index (Phi) is 3.77. The van der Waals surface area contributed by atoms with E-state index in [-0.39, 0.29) is 16.6 Å². The van der Waals surface area contributed by atoms with Gasteiger partial charge in [-0.3, -0.25) is 18.8 Å². The molecule has 6 nitrogen and oxygen atoms in total. The average molecular weight is 386 g/mol. The predicted octanol–water partition coefficient (Wildman–Crippen LogP) is 3.00. The molecule has 9 heteroatoms. The summed E-state index contributed by atoms with van der Waals surface area (Å²) < 4.78 is 41.3. The molecule has 2 heterocycles. The molecule has 0 spiro atoms. The topological polar surface area (TPSA) is 82.9 Å². The van der Waals surface area contributed by atoms with Gasteiger partial charge in [0.1, 0.15) is 5.52 Å². The van der Waals surface area contributed by atoms with Gasteiger partial charge in [-0.2, -0.15) is 18.3 Å². The van der Waals surface area contributed by atoms with Crippen LogP contribution in [-0.4, -0.2) is 20.3 Å². The molecule has 0 atom stereocenters. The average Bonchev–Trinajstić information content (AvgIpc) is 3.03. The molecule has 0 radical (unpaired) electrons. The van der Waals surface area contributed by atoms with Crippen LogP contribution in [0.1, 0.15) is 15.9 Å². The van der Waals surface area contributed by atoms with E-state index >= 15 is 0 Å². The Labute approximate surface area is 155 Å². The molecule has 28 heavy (non-hydrogen) atoms. The fourth-order valence-electron chi connectivity index (χ4n) is 3.20. The third kappa shape index (κ3) is 2.72. The van der Waals surface area contributed by atoms with Gasteiger partial charge in [0.25, 0.3) is 5.56 Å². The number of pyridine rings is 1. The van der Waals surface area contributed by atoms with Crippen molar-refractivity contribution >= 4 is 27.7 Å². The van der Waals surface area contributed by atoms with Crippen molar-refractivity contribution in [1.82, 2.24) is 14.3 Å². The van der Waals surface area contributed by atoms with Crippen LogP contribution in [0.4, 0.5) is 13.2 Å². The smallest absolute Gasteiger partial charge is 0.366 e. The van der Waals surface area contributed by atoms with Crippen molar-refractivity contribution < 1.29 is 18.0 Å². The number of aryl methyl sites for hydroxylation is 1. The number of amides is 1. The van der Waals surface area contributed by atoms with E-state index in [1.54, 1.807) is 7.05 Å². The van der Waals surface area contributed by atoms with Crippen LogP contribution in [0.3, 0.4) is 0 Å². The van der Waals surface area contributed by atoms with Gasteiger partial charge in [0.2, 0.25) is 5.91 Å². The summed E-state index contributed by atoms with van der Waals surface area (Å²) in [6.45, 7) is 0. The number of nitrogens with two attached hydrogens (primary N) is 1. The van der Waals surface area contributed by atoms with Crippen LogP contribution >= 0.6 is 0 Å². The normalized spacial score (nSPS) is 12.0. The number of nitrogens with zero attached hydrogens (tertiary/aromatic N) is 3. The number of primary amides is 1. The van der Waals surface area contributed by atoms with Crippen LogP contribution < -0.4 is 11.3 Å². The maximum Gasteiger partial charge on any atom is 0.416 e. The van der Waals surface area contributed by atoms with E-state index in [2.05, 4.69) is 5.10 Å². The summed E-state index contributed by atoms with van der Waals surface area (Å²) in [5.41, 5.74) is 5.39. The highest BCUT2D eigenvalue weighted by molar-refractivity contribution is 6.07. The first-order valence-corrected chi connectivity index (χ1v) is 8.16. The minimum atomic E-state index is -4.48. The summed E-state index contributed by atoms with van der Waals surface area (Å²) >= 11 is 0. The maximum absolute atomic E-state index is 13.1. The van der Waals surface area contributed by atoms with Crippen molar-refractivity contribution in [2.45, 2.75) is 6.18 Å². The van der Waals surface area contributed by atoms with E-state index in [9.17, 15) is 22.8 Å². The summed E-state index contributed by atoms with van der Waals surface area (Å²) in [6.07, 6.45) is -2.95. The van der Waals surface area contributed by atoms with Crippen LogP contribution in [0.5, 0.6) is 0 Å². The lowest BCUT2D eigenvalue weighted by atomic mass is 10.1. The molecule has 0 bridgehead atoms. The first kappa shape index (κ1) is 17.8. The number of aromatic nitrogens is 3. The quantitative estimate of drug-likeness (QED) is 0.575. The number of halogens is 3. The molecule has 0 saturated carbocycles. The van der Waals surface area contributed by atoms with Gasteiger partial charge in [0.15, 0.2) is 0 Å². The van der Waals surface area contributed by atoms with E-state index in [0.717, 1.165) is 12.1 Å². The van der Waals surface area contributed by atoms with E-state index in [4.69, 9.17) is 5.73 Å². The molecule has 0 saturated heterocycles. The number of hydrogen-bond acceptors (Lipinski definition) is 3. The zero-order chi connectivity index (χ0) is 20.2. The first-order chi connectivity index (χ1) is 13.2. The molecule has 2 aromatic carbocycles. The molecule has 0 aliphatic rings. The molecule has 4 rings (SSSR count). The van der Waals surface area contributed by atoms with Crippen LogP contribution in [0.15, 0.2) is 53.5 Å². The van der Waals surface area contributed by atoms with Crippen molar-refractivity contribution in [2.75, 3.05) is 0 Å². The predicted molar refractivity (Wildman–Crippen MR) is 97.3 cm³/mol. The van der Waals surface area contributed by atoms with E-state index in [1.165, 1.54) is 45.8 Å². The Morgan fingerprint density at radius 2 is 1.75 bits per heavy atom. The molecule has 2 aromatic heterocycles. The fraction of sp³-hybridized carbons (Fsp3) is 0.105. The lowest BCUT2D eigenvalue weighted by molar-refractivity contribution is -0.137. The molecule has 1 amide bonds. The Bertz CT molecular complexity index is 1300. The van der Waals surface area contributed by atoms with Crippen molar-refractivity contribution in [1.29, 1.82) is 0 Å². The molecule has 0 fully saturated rings. The number of carbonyl (C=O) groups is 1. The molecule has 0 aliphatic heterocycles. The third-order valence-corrected chi connectivity index (χ3v) is 4.49. The van der Waals surface area contributed by atoms with Gasteiger partial charge in [-0.15, -0.1) is 0 Å². The molecular formula is C19H13F3N4O2. The molecule has 0 unspecified atom stereocenters. The van der Waals surface area contributed by atoms with Crippen LogP contribution in [0, 0.1) is 0 Å². The van der Waals surface area contributed by atoms with Gasteiger partial charge < -0.3 is 5.73 Å².